The minimum absolute atomic E-state index is 0.00380. The first-order chi connectivity index (χ1) is 14.0. The SMILES string of the molecule is COc1cccc(C(C)Nc2nc(OC3CCNC3)nc3c(C(C)C)cnn23)c1. The summed E-state index contributed by atoms with van der Waals surface area (Å²) in [6, 6.07) is 8.37. The van der Waals surface area contributed by atoms with Crippen molar-refractivity contribution in [1.29, 1.82) is 0 Å². The predicted octanol–water partition coefficient (Wildman–Crippen LogP) is 3.17. The van der Waals surface area contributed by atoms with E-state index in [9.17, 15) is 0 Å². The normalized spacial score (nSPS) is 17.6. The summed E-state index contributed by atoms with van der Waals surface area (Å²) in [5, 5.41) is 11.3. The van der Waals surface area contributed by atoms with Gasteiger partial charge in [0.2, 0.25) is 5.95 Å². The lowest BCUT2D eigenvalue weighted by atomic mass is 10.1. The van der Waals surface area contributed by atoms with Crippen LogP contribution < -0.4 is 20.1 Å². The topological polar surface area (TPSA) is 85.6 Å². The quantitative estimate of drug-likeness (QED) is 0.634. The zero-order chi connectivity index (χ0) is 20.4. The maximum atomic E-state index is 6.07. The molecular formula is C21H28N6O2. The van der Waals surface area contributed by atoms with Gasteiger partial charge in [0, 0.05) is 12.1 Å². The number of nitrogens with one attached hydrogen (secondary N) is 2. The molecule has 1 aromatic carbocycles. The smallest absolute Gasteiger partial charge is 0.322 e. The largest absolute Gasteiger partial charge is 0.497 e. The van der Waals surface area contributed by atoms with E-state index < -0.39 is 0 Å². The first kappa shape index (κ1) is 19.4. The van der Waals surface area contributed by atoms with E-state index in [-0.39, 0.29) is 12.1 Å². The Hall–Kier alpha value is -2.87. The molecule has 2 unspecified atom stereocenters. The summed E-state index contributed by atoms with van der Waals surface area (Å²) in [7, 11) is 1.67. The van der Waals surface area contributed by atoms with Gasteiger partial charge in [-0.05, 0) is 43.5 Å². The maximum Gasteiger partial charge on any atom is 0.322 e. The number of hydrogen-bond acceptors (Lipinski definition) is 7. The molecule has 8 nitrogen and oxygen atoms in total. The number of hydrogen-bond donors (Lipinski definition) is 2. The molecule has 0 amide bonds. The summed E-state index contributed by atoms with van der Waals surface area (Å²) in [5.41, 5.74) is 2.94. The van der Waals surface area contributed by atoms with Crippen molar-refractivity contribution in [2.45, 2.75) is 45.3 Å². The van der Waals surface area contributed by atoms with Crippen LogP contribution in [-0.4, -0.2) is 45.9 Å². The van der Waals surface area contributed by atoms with Gasteiger partial charge in [-0.1, -0.05) is 26.0 Å². The molecule has 154 valence electrons. The minimum atomic E-state index is -0.00380. The minimum Gasteiger partial charge on any atom is -0.497 e. The molecule has 3 aromatic rings. The molecule has 2 aromatic heterocycles. The second-order valence-corrected chi connectivity index (χ2v) is 7.70. The summed E-state index contributed by atoms with van der Waals surface area (Å²) in [6.45, 7) is 8.11. The number of aromatic nitrogens is 4. The molecule has 0 spiro atoms. The van der Waals surface area contributed by atoms with Crippen LogP contribution in [0.1, 0.15) is 50.3 Å². The van der Waals surface area contributed by atoms with Gasteiger partial charge in [-0.3, -0.25) is 0 Å². The van der Waals surface area contributed by atoms with Crippen molar-refractivity contribution < 1.29 is 9.47 Å². The van der Waals surface area contributed by atoms with E-state index in [1.807, 2.05) is 24.4 Å². The summed E-state index contributed by atoms with van der Waals surface area (Å²) < 4.78 is 13.2. The molecule has 2 atom stereocenters. The van der Waals surface area contributed by atoms with E-state index in [4.69, 9.17) is 9.47 Å². The van der Waals surface area contributed by atoms with Gasteiger partial charge >= 0.3 is 6.01 Å². The number of anilines is 1. The molecule has 0 radical (unpaired) electrons. The van der Waals surface area contributed by atoms with Crippen LogP contribution >= 0.6 is 0 Å². The van der Waals surface area contributed by atoms with E-state index in [0.717, 1.165) is 42.0 Å². The van der Waals surface area contributed by atoms with Crippen LogP contribution in [0.15, 0.2) is 30.5 Å². The lowest BCUT2D eigenvalue weighted by Gasteiger charge is -2.18. The van der Waals surface area contributed by atoms with Gasteiger partial charge in [0.25, 0.3) is 0 Å². The zero-order valence-corrected chi connectivity index (χ0v) is 17.3. The standard InChI is InChI=1S/C21H28N6O2/c1-13(2)18-12-23-27-19(18)25-21(29-17-8-9-22-11-17)26-20(27)24-14(3)15-6-5-7-16(10-15)28-4/h5-7,10,12-14,17,22H,8-9,11H2,1-4H3,(H,24,25,26). The third-order valence-electron chi connectivity index (χ3n) is 5.22. The molecule has 1 saturated heterocycles. The average molecular weight is 396 g/mol. The van der Waals surface area contributed by atoms with E-state index in [2.05, 4.69) is 52.5 Å². The highest BCUT2D eigenvalue weighted by molar-refractivity contribution is 5.53. The number of rotatable bonds is 7. The second kappa shape index (κ2) is 8.24. The first-order valence-corrected chi connectivity index (χ1v) is 10.1. The summed E-state index contributed by atoms with van der Waals surface area (Å²) in [4.78, 5) is 9.31. The van der Waals surface area contributed by atoms with Gasteiger partial charge in [-0.25, -0.2) is 0 Å². The van der Waals surface area contributed by atoms with Crippen molar-refractivity contribution in [3.05, 3.63) is 41.6 Å². The molecule has 1 fully saturated rings. The molecule has 0 aliphatic carbocycles. The predicted molar refractivity (Wildman–Crippen MR) is 112 cm³/mol. The highest BCUT2D eigenvalue weighted by Crippen LogP contribution is 2.26. The van der Waals surface area contributed by atoms with Gasteiger partial charge in [0.1, 0.15) is 11.9 Å². The monoisotopic (exact) mass is 396 g/mol. The summed E-state index contributed by atoms with van der Waals surface area (Å²) in [6.07, 6.45) is 2.90. The lowest BCUT2D eigenvalue weighted by Crippen LogP contribution is -2.22. The molecule has 0 bridgehead atoms. The van der Waals surface area contributed by atoms with Gasteiger partial charge < -0.3 is 20.1 Å². The summed E-state index contributed by atoms with van der Waals surface area (Å²) in [5.74, 6) is 1.73. The van der Waals surface area contributed by atoms with Crippen LogP contribution in [0.25, 0.3) is 5.65 Å². The van der Waals surface area contributed by atoms with Crippen molar-refractivity contribution >= 4 is 11.6 Å². The Bertz CT molecular complexity index is 980. The second-order valence-electron chi connectivity index (χ2n) is 7.70. The Kier molecular flexibility index (Phi) is 5.53. The van der Waals surface area contributed by atoms with E-state index in [1.54, 1.807) is 11.6 Å². The third kappa shape index (κ3) is 4.12. The van der Waals surface area contributed by atoms with Gasteiger partial charge in [-0.2, -0.15) is 19.6 Å². The molecule has 1 aliphatic heterocycles. The van der Waals surface area contributed by atoms with Gasteiger partial charge in [-0.15, -0.1) is 0 Å². The Labute approximate surface area is 170 Å². The zero-order valence-electron chi connectivity index (χ0n) is 17.3. The molecule has 0 saturated carbocycles. The lowest BCUT2D eigenvalue weighted by molar-refractivity contribution is 0.204. The van der Waals surface area contributed by atoms with Crippen molar-refractivity contribution in [3.63, 3.8) is 0 Å². The Morgan fingerprint density at radius 1 is 1.24 bits per heavy atom. The number of methoxy groups -OCH3 is 1. The number of ether oxygens (including phenoxy) is 2. The van der Waals surface area contributed by atoms with Crippen LogP contribution in [0.4, 0.5) is 5.95 Å². The van der Waals surface area contributed by atoms with Crippen molar-refractivity contribution in [3.8, 4) is 11.8 Å². The fraction of sp³-hybridized carbons (Fsp3) is 0.476. The van der Waals surface area contributed by atoms with E-state index in [0.29, 0.717) is 17.9 Å². The van der Waals surface area contributed by atoms with E-state index >= 15 is 0 Å². The van der Waals surface area contributed by atoms with Crippen LogP contribution in [0.3, 0.4) is 0 Å². The number of benzene rings is 1. The van der Waals surface area contributed by atoms with Crippen molar-refractivity contribution in [1.82, 2.24) is 24.9 Å². The number of fused-ring (bicyclic) bond motifs is 1. The van der Waals surface area contributed by atoms with Crippen LogP contribution in [-0.2, 0) is 0 Å². The maximum absolute atomic E-state index is 6.07. The fourth-order valence-corrected chi connectivity index (χ4v) is 3.49. The third-order valence-corrected chi connectivity index (χ3v) is 5.22. The first-order valence-electron chi connectivity index (χ1n) is 10.1. The molecule has 2 N–H and O–H groups in total. The van der Waals surface area contributed by atoms with Crippen LogP contribution in [0.5, 0.6) is 11.8 Å². The van der Waals surface area contributed by atoms with Crippen LogP contribution in [0.2, 0.25) is 0 Å². The average Bonchev–Trinajstić information content (AvgIpc) is 3.38. The number of nitrogens with zero attached hydrogens (tertiary/aromatic N) is 4. The highest BCUT2D eigenvalue weighted by Gasteiger charge is 2.21. The Morgan fingerprint density at radius 2 is 2.10 bits per heavy atom. The molecule has 4 rings (SSSR count). The fourth-order valence-electron chi connectivity index (χ4n) is 3.49. The molecule has 29 heavy (non-hydrogen) atoms. The van der Waals surface area contributed by atoms with Gasteiger partial charge in [0.15, 0.2) is 5.65 Å². The van der Waals surface area contributed by atoms with Crippen molar-refractivity contribution in [2.24, 2.45) is 0 Å². The molecule has 1 aliphatic rings. The van der Waals surface area contributed by atoms with Crippen LogP contribution in [0, 0.1) is 0 Å². The highest BCUT2D eigenvalue weighted by atomic mass is 16.5. The van der Waals surface area contributed by atoms with Crippen molar-refractivity contribution in [2.75, 3.05) is 25.5 Å². The molecular weight excluding hydrogens is 368 g/mol. The summed E-state index contributed by atoms with van der Waals surface area (Å²) >= 11 is 0. The van der Waals surface area contributed by atoms with Gasteiger partial charge in [0.05, 0.1) is 19.3 Å². The molecule has 8 heteroatoms. The van der Waals surface area contributed by atoms with E-state index in [1.165, 1.54) is 0 Å². The Morgan fingerprint density at radius 3 is 2.83 bits per heavy atom. The Balaban J connectivity index is 1.69. The molecule has 3 heterocycles.